The van der Waals surface area contributed by atoms with E-state index in [1.54, 1.807) is 30.3 Å². The lowest BCUT2D eigenvalue weighted by atomic mass is 10.1. The molecule has 1 saturated heterocycles. The van der Waals surface area contributed by atoms with Crippen LogP contribution in [-0.2, 0) is 6.18 Å². The first kappa shape index (κ1) is 25.3. The zero-order chi connectivity index (χ0) is 24.8. The van der Waals surface area contributed by atoms with Crippen LogP contribution in [0.15, 0.2) is 47.8 Å². The Hall–Kier alpha value is -2.78. The highest BCUT2D eigenvalue weighted by molar-refractivity contribution is 7.17. The molecule has 1 amide bonds. The van der Waals surface area contributed by atoms with Crippen LogP contribution in [0.4, 0.5) is 18.9 Å². The van der Waals surface area contributed by atoms with Gasteiger partial charge >= 0.3 is 6.18 Å². The molecule has 0 aliphatic carbocycles. The number of unbranched alkanes of at least 4 members (excludes halogenated alkanes) is 1. The largest absolute Gasteiger partial charge is 0.494 e. The maximum Gasteiger partial charge on any atom is 0.416 e. The summed E-state index contributed by atoms with van der Waals surface area (Å²) in [6, 6.07) is 11.2. The quantitative estimate of drug-likeness (QED) is 0.382. The second-order valence-corrected chi connectivity index (χ2v) is 9.49. The van der Waals surface area contributed by atoms with Gasteiger partial charge in [0, 0.05) is 53.8 Å². The van der Waals surface area contributed by atoms with Gasteiger partial charge in [0.15, 0.2) is 0 Å². The number of carbonyl (C=O) groups is 1. The summed E-state index contributed by atoms with van der Waals surface area (Å²) in [5, 5.41) is 5.82. The molecule has 0 bridgehead atoms. The van der Waals surface area contributed by atoms with Crippen LogP contribution in [0.5, 0.6) is 5.75 Å². The lowest BCUT2D eigenvalue weighted by molar-refractivity contribution is -0.137. The number of halogens is 3. The minimum absolute atomic E-state index is 0.0768. The van der Waals surface area contributed by atoms with Gasteiger partial charge in [0.05, 0.1) is 17.9 Å². The molecule has 0 unspecified atom stereocenters. The normalized spacial score (nSPS) is 14.9. The molecule has 0 spiro atoms. The Morgan fingerprint density at radius 2 is 1.80 bits per heavy atom. The monoisotopic (exact) mass is 505 g/mol. The van der Waals surface area contributed by atoms with E-state index >= 15 is 0 Å². The van der Waals surface area contributed by atoms with Crippen LogP contribution in [0.3, 0.4) is 0 Å². The van der Waals surface area contributed by atoms with Crippen molar-refractivity contribution in [1.82, 2.24) is 10.2 Å². The van der Waals surface area contributed by atoms with Gasteiger partial charge in [-0.1, -0.05) is 6.07 Å². The number of hydrogen-bond acceptors (Lipinski definition) is 5. The fourth-order valence-electron chi connectivity index (χ4n) is 4.28. The third-order valence-electron chi connectivity index (χ3n) is 6.21. The summed E-state index contributed by atoms with van der Waals surface area (Å²) in [5.41, 5.74) is 1.05. The molecule has 35 heavy (non-hydrogen) atoms. The maximum atomic E-state index is 13.0. The number of hydrogen-bond donors (Lipinski definition) is 1. The van der Waals surface area contributed by atoms with Crippen molar-refractivity contribution in [3.63, 3.8) is 0 Å². The van der Waals surface area contributed by atoms with Crippen molar-refractivity contribution < 1.29 is 22.7 Å². The maximum absolute atomic E-state index is 13.0. The predicted octanol–water partition coefficient (Wildman–Crippen LogP) is 5.65. The van der Waals surface area contributed by atoms with Crippen LogP contribution < -0.4 is 15.0 Å². The number of piperazine rings is 1. The van der Waals surface area contributed by atoms with Gasteiger partial charge in [0.1, 0.15) is 5.75 Å². The molecule has 188 valence electrons. The number of thiophene rings is 1. The molecule has 9 heteroatoms. The molecule has 0 atom stereocenters. The minimum atomic E-state index is -4.32. The summed E-state index contributed by atoms with van der Waals surface area (Å²) in [4.78, 5) is 16.9. The van der Waals surface area contributed by atoms with Crippen molar-refractivity contribution in [1.29, 1.82) is 0 Å². The second kappa shape index (κ2) is 11.3. The van der Waals surface area contributed by atoms with Crippen LogP contribution in [-0.4, -0.2) is 56.7 Å². The number of fused-ring (bicyclic) bond motifs is 1. The van der Waals surface area contributed by atoms with Crippen molar-refractivity contribution in [3.05, 3.63) is 59.0 Å². The van der Waals surface area contributed by atoms with Crippen LogP contribution in [0.25, 0.3) is 10.1 Å². The van der Waals surface area contributed by atoms with Gasteiger partial charge in [-0.3, -0.25) is 9.69 Å². The zero-order valence-electron chi connectivity index (χ0n) is 19.7. The van der Waals surface area contributed by atoms with Gasteiger partial charge in [-0.2, -0.15) is 13.2 Å². The van der Waals surface area contributed by atoms with E-state index in [1.165, 1.54) is 23.5 Å². The molecule has 0 saturated carbocycles. The number of amides is 1. The highest BCUT2D eigenvalue weighted by Gasteiger charge is 2.31. The van der Waals surface area contributed by atoms with Crippen molar-refractivity contribution in [2.24, 2.45) is 0 Å². The summed E-state index contributed by atoms with van der Waals surface area (Å²) in [6.45, 7) is 7.64. The number of alkyl halides is 3. The van der Waals surface area contributed by atoms with E-state index in [4.69, 9.17) is 4.74 Å². The van der Waals surface area contributed by atoms with Gasteiger partial charge in [0.25, 0.3) is 5.91 Å². The smallest absolute Gasteiger partial charge is 0.416 e. The van der Waals surface area contributed by atoms with Crippen molar-refractivity contribution in [3.8, 4) is 5.75 Å². The highest BCUT2D eigenvalue weighted by atomic mass is 32.1. The topological polar surface area (TPSA) is 44.8 Å². The van der Waals surface area contributed by atoms with Gasteiger partial charge in [0.2, 0.25) is 0 Å². The van der Waals surface area contributed by atoms with Gasteiger partial charge in [-0.15, -0.1) is 11.3 Å². The van der Waals surface area contributed by atoms with Gasteiger partial charge in [-0.05, 0) is 62.7 Å². The average molecular weight is 506 g/mol. The average Bonchev–Trinajstić information content (AvgIpc) is 3.28. The molecule has 1 aliphatic heterocycles. The number of carbonyl (C=O) groups excluding carboxylic acids is 1. The van der Waals surface area contributed by atoms with Crippen molar-refractivity contribution in [2.45, 2.75) is 25.9 Å². The Morgan fingerprint density at radius 1 is 1.06 bits per heavy atom. The third kappa shape index (κ3) is 6.46. The lowest BCUT2D eigenvalue weighted by Crippen LogP contribution is -2.46. The van der Waals surface area contributed by atoms with E-state index in [0.29, 0.717) is 23.4 Å². The van der Waals surface area contributed by atoms with Crippen LogP contribution in [0.2, 0.25) is 0 Å². The second-order valence-electron chi connectivity index (χ2n) is 8.58. The standard InChI is InChI=1S/C26H30F3N3O2S/c1-2-34-21-8-5-19(6-9-21)25(33)30-11-3-4-12-31-13-15-32(16-14-31)23-18-35-24-17-20(26(27,28)29)7-10-22(23)24/h5-10,17-18H,2-4,11-16H2,1H3,(H,30,33). The molecule has 1 N–H and O–H groups in total. The molecule has 1 aromatic heterocycles. The Bertz CT molecular complexity index is 1120. The number of nitrogens with one attached hydrogen (secondary N) is 1. The molecule has 3 aromatic rings. The van der Waals surface area contributed by atoms with E-state index in [-0.39, 0.29) is 5.91 Å². The number of nitrogens with zero attached hydrogens (tertiary/aromatic N) is 2. The molecular formula is C26H30F3N3O2S. The molecular weight excluding hydrogens is 475 g/mol. The molecule has 1 fully saturated rings. The molecule has 2 aromatic carbocycles. The summed E-state index contributed by atoms with van der Waals surface area (Å²) < 4.78 is 45.0. The van der Waals surface area contributed by atoms with E-state index in [0.717, 1.165) is 62.4 Å². The summed E-state index contributed by atoms with van der Waals surface area (Å²) in [6.07, 6.45) is -2.42. The fraction of sp³-hybridized carbons (Fsp3) is 0.423. The van der Waals surface area contributed by atoms with Crippen LogP contribution in [0, 0.1) is 0 Å². The first-order chi connectivity index (χ1) is 16.8. The lowest BCUT2D eigenvalue weighted by Gasteiger charge is -2.36. The SMILES string of the molecule is CCOc1ccc(C(=O)NCCCCN2CCN(c3csc4cc(C(F)(F)F)ccc34)CC2)cc1. The number of anilines is 1. The Kier molecular flexibility index (Phi) is 8.18. The predicted molar refractivity (Wildman–Crippen MR) is 135 cm³/mol. The Labute approximate surface area is 207 Å². The summed E-state index contributed by atoms with van der Waals surface area (Å²) in [5.74, 6) is 0.680. The minimum Gasteiger partial charge on any atom is -0.494 e. The third-order valence-corrected chi connectivity index (χ3v) is 7.14. The molecule has 4 rings (SSSR count). The van der Waals surface area contributed by atoms with E-state index in [9.17, 15) is 18.0 Å². The number of ether oxygens (including phenoxy) is 1. The van der Waals surface area contributed by atoms with E-state index < -0.39 is 11.7 Å². The summed E-state index contributed by atoms with van der Waals surface area (Å²) in [7, 11) is 0. The van der Waals surface area contributed by atoms with Crippen molar-refractivity contribution >= 4 is 33.0 Å². The highest BCUT2D eigenvalue weighted by Crippen LogP contribution is 2.38. The molecule has 5 nitrogen and oxygen atoms in total. The fourth-order valence-corrected chi connectivity index (χ4v) is 5.29. The van der Waals surface area contributed by atoms with E-state index in [2.05, 4.69) is 15.1 Å². The van der Waals surface area contributed by atoms with Gasteiger partial charge in [-0.25, -0.2) is 0 Å². The first-order valence-electron chi connectivity index (χ1n) is 11.9. The van der Waals surface area contributed by atoms with Crippen LogP contribution >= 0.6 is 11.3 Å². The zero-order valence-corrected chi connectivity index (χ0v) is 20.6. The Balaban J connectivity index is 1.17. The van der Waals surface area contributed by atoms with E-state index in [1.807, 2.05) is 12.3 Å². The summed E-state index contributed by atoms with van der Waals surface area (Å²) >= 11 is 1.37. The molecule has 1 aliphatic rings. The first-order valence-corrected chi connectivity index (χ1v) is 12.8. The van der Waals surface area contributed by atoms with Crippen LogP contribution in [0.1, 0.15) is 35.7 Å². The Morgan fingerprint density at radius 3 is 2.49 bits per heavy atom. The molecule has 0 radical (unpaired) electrons. The number of rotatable bonds is 9. The molecule has 2 heterocycles. The van der Waals surface area contributed by atoms with Gasteiger partial charge < -0.3 is 15.0 Å². The number of benzene rings is 2. The van der Waals surface area contributed by atoms with Crippen molar-refractivity contribution in [2.75, 3.05) is 50.8 Å².